The quantitative estimate of drug-likeness (QED) is 0.688. The predicted octanol–water partition coefficient (Wildman–Crippen LogP) is 4.98. The van der Waals surface area contributed by atoms with Gasteiger partial charge in [-0.25, -0.2) is 9.37 Å². The lowest BCUT2D eigenvalue weighted by molar-refractivity contribution is 0.103. The summed E-state index contributed by atoms with van der Waals surface area (Å²) in [6.45, 7) is 5.59. The highest BCUT2D eigenvalue weighted by Crippen LogP contribution is 2.32. The molecule has 0 saturated heterocycles. The van der Waals surface area contributed by atoms with Gasteiger partial charge >= 0.3 is 0 Å². The molecule has 1 amide bonds. The van der Waals surface area contributed by atoms with Crippen LogP contribution in [0.2, 0.25) is 0 Å². The maximum Gasteiger partial charge on any atom is 0.268 e. The molecule has 132 valence electrons. The van der Waals surface area contributed by atoms with E-state index in [-0.39, 0.29) is 11.7 Å². The Morgan fingerprint density at radius 1 is 1.23 bits per heavy atom. The van der Waals surface area contributed by atoms with Crippen LogP contribution in [0.3, 0.4) is 0 Å². The molecule has 0 atom stereocenters. The summed E-state index contributed by atoms with van der Waals surface area (Å²) in [4.78, 5) is 18.6. The monoisotopic (exact) mass is 385 g/mol. The van der Waals surface area contributed by atoms with Gasteiger partial charge in [-0.1, -0.05) is 12.1 Å². The van der Waals surface area contributed by atoms with E-state index in [1.807, 2.05) is 13.8 Å². The van der Waals surface area contributed by atoms with Crippen molar-refractivity contribution in [1.29, 1.82) is 5.26 Å². The standard InChI is InChI=1S/C19H16FN3OS2/c1-10-12(3)25-19(15(10)9-21)23-18(24)17-11(2)22-16(26-17)8-13-4-6-14(20)7-5-13/h4-7H,8H2,1-3H3,(H,23,24). The van der Waals surface area contributed by atoms with E-state index in [2.05, 4.69) is 16.4 Å². The second-order valence-corrected chi connectivity index (χ2v) is 8.19. The van der Waals surface area contributed by atoms with Crippen LogP contribution in [-0.4, -0.2) is 10.9 Å². The van der Waals surface area contributed by atoms with E-state index in [4.69, 9.17) is 0 Å². The summed E-state index contributed by atoms with van der Waals surface area (Å²) < 4.78 is 13.0. The molecule has 0 aliphatic heterocycles. The van der Waals surface area contributed by atoms with Crippen LogP contribution < -0.4 is 5.32 Å². The summed E-state index contributed by atoms with van der Waals surface area (Å²) in [5, 5.41) is 13.5. The molecule has 0 unspecified atom stereocenters. The number of anilines is 1. The highest BCUT2D eigenvalue weighted by Gasteiger charge is 2.19. The van der Waals surface area contributed by atoms with Crippen molar-refractivity contribution in [3.05, 3.63) is 67.2 Å². The molecular formula is C19H16FN3OS2. The van der Waals surface area contributed by atoms with Gasteiger partial charge in [0, 0.05) is 11.3 Å². The Kier molecular flexibility index (Phi) is 5.16. The number of rotatable bonds is 4. The number of thiophene rings is 1. The number of amides is 1. The van der Waals surface area contributed by atoms with Crippen LogP contribution in [0.5, 0.6) is 0 Å². The Morgan fingerprint density at radius 3 is 2.58 bits per heavy atom. The average molecular weight is 385 g/mol. The first-order valence-electron chi connectivity index (χ1n) is 7.91. The number of hydrogen-bond donors (Lipinski definition) is 1. The van der Waals surface area contributed by atoms with Gasteiger partial charge in [0.15, 0.2) is 0 Å². The summed E-state index contributed by atoms with van der Waals surface area (Å²) >= 11 is 2.71. The minimum absolute atomic E-state index is 0.261. The molecule has 26 heavy (non-hydrogen) atoms. The van der Waals surface area contributed by atoms with Gasteiger partial charge in [0.2, 0.25) is 0 Å². The zero-order chi connectivity index (χ0) is 18.8. The van der Waals surface area contributed by atoms with Crippen LogP contribution in [0.25, 0.3) is 0 Å². The molecule has 4 nitrogen and oxygen atoms in total. The second kappa shape index (κ2) is 7.36. The zero-order valence-electron chi connectivity index (χ0n) is 14.5. The maximum absolute atomic E-state index is 13.0. The third-order valence-corrected chi connectivity index (χ3v) is 6.32. The number of nitriles is 1. The Hall–Kier alpha value is -2.56. The molecule has 0 bridgehead atoms. The maximum atomic E-state index is 13.0. The Labute approximate surface area is 159 Å². The van der Waals surface area contributed by atoms with Crippen LogP contribution in [0.1, 0.15) is 41.9 Å². The fraction of sp³-hybridized carbons (Fsp3) is 0.211. The van der Waals surface area contributed by atoms with E-state index in [1.165, 1.54) is 34.8 Å². The summed E-state index contributed by atoms with van der Waals surface area (Å²) in [5.74, 6) is -0.540. The lowest BCUT2D eigenvalue weighted by Gasteiger charge is -2.01. The molecule has 3 aromatic rings. The van der Waals surface area contributed by atoms with Gasteiger partial charge in [-0.05, 0) is 44.0 Å². The van der Waals surface area contributed by atoms with Crippen molar-refractivity contribution in [3.8, 4) is 6.07 Å². The Morgan fingerprint density at radius 2 is 1.92 bits per heavy atom. The average Bonchev–Trinajstić information content (AvgIpc) is 3.09. The minimum atomic E-state index is -0.279. The summed E-state index contributed by atoms with van der Waals surface area (Å²) in [6.07, 6.45) is 0.541. The molecule has 2 heterocycles. The lowest BCUT2D eigenvalue weighted by atomic mass is 10.1. The van der Waals surface area contributed by atoms with Crippen molar-refractivity contribution >= 4 is 33.6 Å². The van der Waals surface area contributed by atoms with Crippen LogP contribution in [0, 0.1) is 37.9 Å². The molecule has 2 aromatic heterocycles. The smallest absolute Gasteiger partial charge is 0.268 e. The SMILES string of the molecule is Cc1nc(Cc2ccc(F)cc2)sc1C(=O)Nc1sc(C)c(C)c1C#N. The fourth-order valence-corrected chi connectivity index (χ4v) is 4.52. The van der Waals surface area contributed by atoms with E-state index in [0.29, 0.717) is 27.6 Å². The number of thiazole rings is 1. The molecule has 7 heteroatoms. The van der Waals surface area contributed by atoms with Crippen molar-refractivity contribution in [1.82, 2.24) is 4.98 Å². The number of carbonyl (C=O) groups is 1. The molecular weight excluding hydrogens is 369 g/mol. The third kappa shape index (κ3) is 3.66. The fourth-order valence-electron chi connectivity index (χ4n) is 2.52. The van der Waals surface area contributed by atoms with Gasteiger partial charge in [0.25, 0.3) is 5.91 Å². The number of carbonyl (C=O) groups excluding carboxylic acids is 1. The van der Waals surface area contributed by atoms with Gasteiger partial charge in [0.05, 0.1) is 16.3 Å². The molecule has 0 radical (unpaired) electrons. The number of aromatic nitrogens is 1. The van der Waals surface area contributed by atoms with E-state index in [9.17, 15) is 14.4 Å². The Balaban J connectivity index is 1.80. The topological polar surface area (TPSA) is 65.8 Å². The van der Waals surface area contributed by atoms with Gasteiger partial charge in [-0.15, -0.1) is 22.7 Å². The molecule has 0 fully saturated rings. The lowest BCUT2D eigenvalue weighted by Crippen LogP contribution is -2.11. The van der Waals surface area contributed by atoms with Crippen LogP contribution >= 0.6 is 22.7 Å². The molecule has 0 aliphatic rings. The molecule has 1 N–H and O–H groups in total. The van der Waals surface area contributed by atoms with E-state index >= 15 is 0 Å². The van der Waals surface area contributed by atoms with Crippen molar-refractivity contribution in [2.24, 2.45) is 0 Å². The van der Waals surface area contributed by atoms with Crippen LogP contribution in [0.4, 0.5) is 9.39 Å². The predicted molar refractivity (Wildman–Crippen MR) is 103 cm³/mol. The first-order chi connectivity index (χ1) is 12.4. The number of nitrogens with zero attached hydrogens (tertiary/aromatic N) is 2. The van der Waals surface area contributed by atoms with E-state index in [0.717, 1.165) is 21.0 Å². The number of aryl methyl sites for hydroxylation is 2. The number of benzene rings is 1. The number of halogens is 1. The van der Waals surface area contributed by atoms with Crippen LogP contribution in [0.15, 0.2) is 24.3 Å². The normalized spacial score (nSPS) is 10.6. The first kappa shape index (κ1) is 18.2. The zero-order valence-corrected chi connectivity index (χ0v) is 16.1. The van der Waals surface area contributed by atoms with Gasteiger partial charge in [-0.3, -0.25) is 4.79 Å². The molecule has 0 saturated carbocycles. The summed E-state index contributed by atoms with van der Waals surface area (Å²) in [7, 11) is 0. The van der Waals surface area contributed by atoms with Gasteiger partial charge in [-0.2, -0.15) is 5.26 Å². The van der Waals surface area contributed by atoms with Crippen molar-refractivity contribution in [2.75, 3.05) is 5.32 Å². The minimum Gasteiger partial charge on any atom is -0.312 e. The molecule has 3 rings (SSSR count). The summed E-state index contributed by atoms with van der Waals surface area (Å²) in [5.41, 5.74) is 2.98. The van der Waals surface area contributed by atoms with Crippen molar-refractivity contribution < 1.29 is 9.18 Å². The largest absolute Gasteiger partial charge is 0.312 e. The highest BCUT2D eigenvalue weighted by atomic mass is 32.1. The molecule has 1 aromatic carbocycles. The Bertz CT molecular complexity index is 1010. The third-order valence-electron chi connectivity index (χ3n) is 4.04. The van der Waals surface area contributed by atoms with Crippen molar-refractivity contribution in [3.63, 3.8) is 0 Å². The second-order valence-electron chi connectivity index (χ2n) is 5.88. The molecule has 0 aliphatic carbocycles. The van der Waals surface area contributed by atoms with Gasteiger partial charge in [0.1, 0.15) is 21.8 Å². The van der Waals surface area contributed by atoms with Crippen LogP contribution in [-0.2, 0) is 6.42 Å². The number of hydrogen-bond acceptors (Lipinski definition) is 5. The summed E-state index contributed by atoms with van der Waals surface area (Å²) in [6, 6.07) is 8.39. The first-order valence-corrected chi connectivity index (χ1v) is 9.54. The van der Waals surface area contributed by atoms with E-state index in [1.54, 1.807) is 19.1 Å². The molecule has 0 spiro atoms. The van der Waals surface area contributed by atoms with Crippen molar-refractivity contribution in [2.45, 2.75) is 27.2 Å². The highest BCUT2D eigenvalue weighted by molar-refractivity contribution is 7.17. The number of nitrogens with one attached hydrogen (secondary N) is 1. The van der Waals surface area contributed by atoms with Gasteiger partial charge < -0.3 is 5.32 Å². The van der Waals surface area contributed by atoms with E-state index < -0.39 is 0 Å².